The molecule has 0 aromatic rings. The quantitative estimate of drug-likeness (QED) is 0.156. The minimum Gasteiger partial charge on any atom is -0.463 e. The number of carbonyl (C=O) groups excluding carboxylic acids is 3. The van der Waals surface area contributed by atoms with Crippen LogP contribution in [-0.4, -0.2) is 53.5 Å². The standard InChI is InChI=1S/C18H30N4O6/c1-8-26-14(23)11-9-10-13(12-20-21-19)22(15(24)27-17(2,3)4)16(25)28-18(5,6)7/h9,11,13H,8,10,12H2,1-7H3/b11-9+/t13-/m0/s1. The molecule has 10 nitrogen and oxygen atoms in total. The fourth-order valence-corrected chi connectivity index (χ4v) is 1.90. The van der Waals surface area contributed by atoms with Crippen LogP contribution in [0.15, 0.2) is 17.3 Å². The molecule has 1 atom stereocenters. The van der Waals surface area contributed by atoms with E-state index in [1.165, 1.54) is 12.2 Å². The van der Waals surface area contributed by atoms with Crippen LogP contribution in [0.2, 0.25) is 0 Å². The zero-order valence-electron chi connectivity index (χ0n) is 17.6. The van der Waals surface area contributed by atoms with E-state index < -0.39 is 35.4 Å². The molecule has 0 radical (unpaired) electrons. The van der Waals surface area contributed by atoms with E-state index in [4.69, 9.17) is 19.7 Å². The number of ether oxygens (including phenoxy) is 3. The number of azide groups is 1. The highest BCUT2D eigenvalue weighted by atomic mass is 16.6. The van der Waals surface area contributed by atoms with E-state index in [9.17, 15) is 14.4 Å². The van der Waals surface area contributed by atoms with Crippen molar-refractivity contribution in [1.82, 2.24) is 4.90 Å². The minimum absolute atomic E-state index is 0.0380. The van der Waals surface area contributed by atoms with Gasteiger partial charge in [0.05, 0.1) is 12.6 Å². The average Bonchev–Trinajstić information content (AvgIpc) is 2.48. The summed E-state index contributed by atoms with van der Waals surface area (Å²) >= 11 is 0. The largest absolute Gasteiger partial charge is 0.463 e. The second-order valence-corrected chi connectivity index (χ2v) is 7.79. The Bertz CT molecular complexity index is 599. The SMILES string of the molecule is CCOC(=O)/C=C/C[C@@H](CN=[N+]=[N-])N(C(=O)OC(C)(C)C)C(=O)OC(C)(C)C. The van der Waals surface area contributed by atoms with Crippen molar-refractivity contribution in [3.63, 3.8) is 0 Å². The van der Waals surface area contributed by atoms with E-state index in [1.807, 2.05) is 0 Å². The van der Waals surface area contributed by atoms with Gasteiger partial charge in [-0.15, -0.1) is 0 Å². The maximum absolute atomic E-state index is 12.6. The van der Waals surface area contributed by atoms with Crippen molar-refractivity contribution in [1.29, 1.82) is 0 Å². The first-order valence-corrected chi connectivity index (χ1v) is 8.90. The lowest BCUT2D eigenvalue weighted by Crippen LogP contribution is -2.50. The Balaban J connectivity index is 5.72. The third-order valence-corrected chi connectivity index (χ3v) is 2.85. The lowest BCUT2D eigenvalue weighted by Gasteiger charge is -2.32. The molecule has 0 saturated heterocycles. The van der Waals surface area contributed by atoms with Gasteiger partial charge in [0, 0.05) is 17.5 Å². The van der Waals surface area contributed by atoms with Crippen molar-refractivity contribution in [3.8, 4) is 0 Å². The predicted molar refractivity (Wildman–Crippen MR) is 102 cm³/mol. The Labute approximate surface area is 165 Å². The van der Waals surface area contributed by atoms with Crippen LogP contribution in [0.5, 0.6) is 0 Å². The minimum atomic E-state index is -0.940. The molecular formula is C18H30N4O6. The van der Waals surface area contributed by atoms with Crippen molar-refractivity contribution in [2.24, 2.45) is 5.11 Å². The molecule has 0 spiro atoms. The first kappa shape index (κ1) is 25.3. The summed E-state index contributed by atoms with van der Waals surface area (Å²) in [5.74, 6) is -0.564. The first-order valence-electron chi connectivity index (χ1n) is 8.90. The Kier molecular flexibility index (Phi) is 10.1. The molecule has 28 heavy (non-hydrogen) atoms. The molecule has 0 rings (SSSR count). The fourth-order valence-electron chi connectivity index (χ4n) is 1.90. The monoisotopic (exact) mass is 398 g/mol. The molecule has 0 fully saturated rings. The molecule has 0 aromatic carbocycles. The second kappa shape index (κ2) is 11.2. The van der Waals surface area contributed by atoms with Crippen LogP contribution >= 0.6 is 0 Å². The van der Waals surface area contributed by atoms with Gasteiger partial charge >= 0.3 is 18.2 Å². The van der Waals surface area contributed by atoms with Crippen LogP contribution in [0.3, 0.4) is 0 Å². The van der Waals surface area contributed by atoms with Crippen LogP contribution in [0, 0.1) is 0 Å². The molecule has 0 aromatic heterocycles. The van der Waals surface area contributed by atoms with Gasteiger partial charge < -0.3 is 14.2 Å². The molecule has 0 heterocycles. The second-order valence-electron chi connectivity index (χ2n) is 7.79. The highest BCUT2D eigenvalue weighted by Gasteiger charge is 2.36. The molecule has 0 bridgehead atoms. The van der Waals surface area contributed by atoms with Crippen molar-refractivity contribution in [3.05, 3.63) is 22.6 Å². The average molecular weight is 398 g/mol. The maximum Gasteiger partial charge on any atom is 0.420 e. The topological polar surface area (TPSA) is 131 Å². The number of carbonyl (C=O) groups is 3. The lowest BCUT2D eigenvalue weighted by atomic mass is 10.1. The van der Waals surface area contributed by atoms with E-state index in [1.54, 1.807) is 48.5 Å². The number of amides is 2. The third-order valence-electron chi connectivity index (χ3n) is 2.85. The molecule has 0 N–H and O–H groups in total. The number of hydrogen-bond acceptors (Lipinski definition) is 7. The highest BCUT2D eigenvalue weighted by Crippen LogP contribution is 2.19. The molecular weight excluding hydrogens is 368 g/mol. The van der Waals surface area contributed by atoms with E-state index in [-0.39, 0.29) is 19.6 Å². The number of rotatable bonds is 7. The van der Waals surface area contributed by atoms with Crippen molar-refractivity contribution in [2.45, 2.75) is 72.1 Å². The predicted octanol–water partition coefficient (Wildman–Crippen LogP) is 4.35. The first-order chi connectivity index (χ1) is 12.8. The van der Waals surface area contributed by atoms with Crippen LogP contribution in [0.4, 0.5) is 9.59 Å². The smallest absolute Gasteiger partial charge is 0.420 e. The summed E-state index contributed by atoms with van der Waals surface area (Å²) in [5, 5.41) is 3.46. The van der Waals surface area contributed by atoms with E-state index >= 15 is 0 Å². The van der Waals surface area contributed by atoms with E-state index in [0.717, 1.165) is 4.90 Å². The van der Waals surface area contributed by atoms with Gasteiger partial charge in [-0.2, -0.15) is 0 Å². The number of nitrogens with zero attached hydrogens (tertiary/aromatic N) is 4. The van der Waals surface area contributed by atoms with Crippen LogP contribution < -0.4 is 0 Å². The summed E-state index contributed by atoms with van der Waals surface area (Å²) in [6, 6.07) is -0.911. The Morgan fingerprint density at radius 3 is 1.96 bits per heavy atom. The van der Waals surface area contributed by atoms with Crippen molar-refractivity contribution >= 4 is 18.2 Å². The zero-order valence-corrected chi connectivity index (χ0v) is 17.6. The van der Waals surface area contributed by atoms with E-state index in [2.05, 4.69) is 10.0 Å². The summed E-state index contributed by atoms with van der Waals surface area (Å²) in [6.07, 6.45) is 0.761. The van der Waals surface area contributed by atoms with Crippen LogP contribution in [-0.2, 0) is 19.0 Å². The summed E-state index contributed by atoms with van der Waals surface area (Å²) < 4.78 is 15.4. The summed E-state index contributed by atoms with van der Waals surface area (Å²) in [7, 11) is 0. The van der Waals surface area contributed by atoms with Crippen LogP contribution in [0.25, 0.3) is 10.4 Å². The van der Waals surface area contributed by atoms with E-state index in [0.29, 0.717) is 0 Å². The normalized spacial score (nSPS) is 12.7. The Morgan fingerprint density at radius 1 is 1.07 bits per heavy atom. The summed E-state index contributed by atoms with van der Waals surface area (Å²) in [5.41, 5.74) is 6.93. The third kappa shape index (κ3) is 11.1. The molecule has 0 aliphatic rings. The molecule has 0 aliphatic heterocycles. The Morgan fingerprint density at radius 2 is 1.57 bits per heavy atom. The van der Waals surface area contributed by atoms with Gasteiger partial charge in [-0.1, -0.05) is 11.2 Å². The van der Waals surface area contributed by atoms with Gasteiger partial charge in [-0.05, 0) is 60.4 Å². The zero-order chi connectivity index (χ0) is 22.0. The van der Waals surface area contributed by atoms with Gasteiger partial charge in [0.15, 0.2) is 0 Å². The van der Waals surface area contributed by atoms with Gasteiger partial charge in [0.25, 0.3) is 0 Å². The van der Waals surface area contributed by atoms with Crippen molar-refractivity contribution < 1.29 is 28.6 Å². The number of hydrogen-bond donors (Lipinski definition) is 0. The number of esters is 1. The molecule has 0 unspecified atom stereocenters. The molecule has 2 amide bonds. The maximum atomic E-state index is 12.6. The van der Waals surface area contributed by atoms with Crippen LogP contribution in [0.1, 0.15) is 54.9 Å². The van der Waals surface area contributed by atoms with Gasteiger partial charge in [-0.3, -0.25) is 0 Å². The fraction of sp³-hybridized carbons (Fsp3) is 0.722. The van der Waals surface area contributed by atoms with Crippen molar-refractivity contribution in [2.75, 3.05) is 13.2 Å². The summed E-state index contributed by atoms with van der Waals surface area (Å²) in [4.78, 5) is 40.2. The highest BCUT2D eigenvalue weighted by molar-refractivity contribution is 5.88. The summed E-state index contributed by atoms with van der Waals surface area (Å²) in [6.45, 7) is 11.6. The van der Waals surface area contributed by atoms with Gasteiger partial charge in [0.1, 0.15) is 11.2 Å². The molecule has 0 aliphatic carbocycles. The molecule has 0 saturated carbocycles. The van der Waals surface area contributed by atoms with Gasteiger partial charge in [0.2, 0.25) is 0 Å². The Hall–Kier alpha value is -2.74. The molecule has 158 valence electrons. The van der Waals surface area contributed by atoms with Gasteiger partial charge in [-0.25, -0.2) is 19.3 Å². The lowest BCUT2D eigenvalue weighted by molar-refractivity contribution is -0.137. The molecule has 10 heteroatoms. The number of imide groups is 1.